The molecule has 2 aromatic rings. The maximum Gasteiger partial charge on any atom is 0.339 e. The number of aryl methyl sites for hydroxylation is 3. The van der Waals surface area contributed by atoms with Crippen molar-refractivity contribution in [2.45, 2.75) is 53.6 Å². The average molecular weight is 413 g/mol. The van der Waals surface area contributed by atoms with Crippen LogP contribution < -0.4 is 0 Å². The number of ketones is 2. The molecule has 0 radical (unpaired) electrons. The van der Waals surface area contributed by atoms with Crippen LogP contribution in [-0.4, -0.2) is 41.7 Å². The molecule has 0 aliphatic heterocycles. The van der Waals surface area contributed by atoms with Crippen molar-refractivity contribution in [3.63, 3.8) is 0 Å². The van der Waals surface area contributed by atoms with E-state index >= 15 is 0 Å². The van der Waals surface area contributed by atoms with Gasteiger partial charge in [0.2, 0.25) is 5.78 Å². The summed E-state index contributed by atoms with van der Waals surface area (Å²) >= 11 is 0. The number of Topliss-reactive ketones (excluding diaryl/α,β-unsaturated/α-hetero) is 2. The lowest BCUT2D eigenvalue weighted by atomic mass is 10.0. The second-order valence-corrected chi connectivity index (χ2v) is 7.34. The van der Waals surface area contributed by atoms with Crippen molar-refractivity contribution in [2.24, 2.45) is 0 Å². The van der Waals surface area contributed by atoms with Gasteiger partial charge in [-0.15, -0.1) is 0 Å². The molecule has 1 aromatic heterocycles. The van der Waals surface area contributed by atoms with Crippen LogP contribution in [0.15, 0.2) is 18.2 Å². The van der Waals surface area contributed by atoms with Crippen molar-refractivity contribution >= 4 is 23.5 Å². The van der Waals surface area contributed by atoms with Gasteiger partial charge in [0.05, 0.1) is 24.8 Å². The number of rotatable bonds is 8. The largest absolute Gasteiger partial charge is 0.465 e. The van der Waals surface area contributed by atoms with Crippen LogP contribution in [0.5, 0.6) is 0 Å². The van der Waals surface area contributed by atoms with Gasteiger partial charge in [-0.25, -0.2) is 4.79 Å². The lowest BCUT2D eigenvalue weighted by Crippen LogP contribution is -2.25. The van der Waals surface area contributed by atoms with E-state index in [0.717, 1.165) is 11.1 Å². The van der Waals surface area contributed by atoms with Crippen molar-refractivity contribution in [2.75, 3.05) is 7.11 Å². The number of carbonyl (C=O) groups is 4. The summed E-state index contributed by atoms with van der Waals surface area (Å²) in [5.74, 6) is -1.80. The van der Waals surface area contributed by atoms with Gasteiger partial charge >= 0.3 is 11.9 Å². The third kappa shape index (κ3) is 5.03. The summed E-state index contributed by atoms with van der Waals surface area (Å²) in [6.07, 6.45) is -1.19. The Kier molecular flexibility index (Phi) is 7.32. The van der Waals surface area contributed by atoms with E-state index in [2.05, 4.69) is 4.98 Å². The van der Waals surface area contributed by atoms with Gasteiger partial charge in [-0.1, -0.05) is 12.1 Å². The summed E-state index contributed by atoms with van der Waals surface area (Å²) in [5, 5.41) is 0. The number of H-pyrrole nitrogens is 1. The van der Waals surface area contributed by atoms with Gasteiger partial charge < -0.3 is 14.5 Å². The first-order chi connectivity index (χ1) is 14.1. The van der Waals surface area contributed by atoms with Crippen LogP contribution in [0.4, 0.5) is 0 Å². The number of nitrogens with one attached hydrogen (secondary N) is 1. The number of hydrogen-bond donors (Lipinski definition) is 1. The van der Waals surface area contributed by atoms with Crippen LogP contribution in [-0.2, 0) is 14.3 Å². The maximum atomic E-state index is 12.7. The minimum Gasteiger partial charge on any atom is -0.465 e. The lowest BCUT2D eigenvalue weighted by Gasteiger charge is -2.12. The van der Waals surface area contributed by atoms with Gasteiger partial charge in [0.25, 0.3) is 0 Å². The van der Waals surface area contributed by atoms with Crippen LogP contribution in [0.1, 0.15) is 73.4 Å². The number of carbonyl (C=O) groups excluding carboxylic acids is 4. The molecule has 0 saturated carbocycles. The Balaban J connectivity index is 1.98. The van der Waals surface area contributed by atoms with E-state index in [1.54, 1.807) is 26.0 Å². The van der Waals surface area contributed by atoms with Crippen molar-refractivity contribution < 1.29 is 28.7 Å². The molecular weight excluding hydrogens is 386 g/mol. The fraction of sp³-hybridized carbons (Fsp3) is 0.391. The summed E-state index contributed by atoms with van der Waals surface area (Å²) in [6, 6.07) is 5.40. The molecule has 2 rings (SSSR count). The molecule has 0 aliphatic carbocycles. The number of methoxy groups -OCH3 is 1. The highest BCUT2D eigenvalue weighted by molar-refractivity contribution is 6.04. The minimum absolute atomic E-state index is 0.00459. The highest BCUT2D eigenvalue weighted by Crippen LogP contribution is 2.21. The summed E-state index contributed by atoms with van der Waals surface area (Å²) in [5.41, 5.74) is 4.06. The number of aromatic nitrogens is 1. The Hall–Kier alpha value is -3.22. The molecule has 0 spiro atoms. The molecule has 7 nitrogen and oxygen atoms in total. The van der Waals surface area contributed by atoms with Gasteiger partial charge in [0.1, 0.15) is 0 Å². The first-order valence-electron chi connectivity index (χ1n) is 9.68. The monoisotopic (exact) mass is 413 g/mol. The third-order valence-electron chi connectivity index (χ3n) is 5.14. The van der Waals surface area contributed by atoms with E-state index in [-0.39, 0.29) is 24.3 Å². The Morgan fingerprint density at radius 1 is 1.00 bits per heavy atom. The Labute approximate surface area is 175 Å². The first kappa shape index (κ1) is 23.1. The van der Waals surface area contributed by atoms with Crippen LogP contribution in [0.2, 0.25) is 0 Å². The van der Waals surface area contributed by atoms with E-state index in [1.165, 1.54) is 14.0 Å². The first-order valence-corrected chi connectivity index (χ1v) is 9.68. The molecule has 160 valence electrons. The van der Waals surface area contributed by atoms with Crippen LogP contribution >= 0.6 is 0 Å². The molecule has 0 fully saturated rings. The molecule has 0 unspecified atom stereocenters. The standard InChI is InChI=1S/C23H27NO6/c1-12-7-8-17(11-13(12)2)18(25)9-10-19(26)30-16(5)22(27)21-14(3)20(15(4)24-21)23(28)29-6/h7-8,11,16,24H,9-10H2,1-6H3/t16-/m1/s1. The number of esters is 2. The topological polar surface area (TPSA) is 103 Å². The highest BCUT2D eigenvalue weighted by atomic mass is 16.5. The molecule has 1 N–H and O–H groups in total. The molecule has 0 bridgehead atoms. The smallest absolute Gasteiger partial charge is 0.339 e. The Bertz CT molecular complexity index is 1000. The zero-order chi connectivity index (χ0) is 22.6. The molecule has 7 heteroatoms. The SMILES string of the molecule is COC(=O)c1c(C)[nH]c(C(=O)[C@@H](C)OC(=O)CCC(=O)c2ccc(C)c(C)c2)c1C. The normalized spacial score (nSPS) is 11.7. The Morgan fingerprint density at radius 3 is 2.27 bits per heavy atom. The maximum absolute atomic E-state index is 12.7. The molecule has 30 heavy (non-hydrogen) atoms. The van der Waals surface area contributed by atoms with Crippen LogP contribution in [0.3, 0.4) is 0 Å². The van der Waals surface area contributed by atoms with Gasteiger partial charge in [-0.3, -0.25) is 14.4 Å². The van der Waals surface area contributed by atoms with Gasteiger partial charge in [-0.05, 0) is 57.4 Å². The molecular formula is C23H27NO6. The number of hydrogen-bond acceptors (Lipinski definition) is 6. The molecule has 1 heterocycles. The van der Waals surface area contributed by atoms with Crippen molar-refractivity contribution in [1.82, 2.24) is 4.98 Å². The zero-order valence-corrected chi connectivity index (χ0v) is 18.2. The third-order valence-corrected chi connectivity index (χ3v) is 5.14. The summed E-state index contributed by atoms with van der Waals surface area (Å²) < 4.78 is 9.94. The quantitative estimate of drug-likeness (QED) is 0.521. The second-order valence-electron chi connectivity index (χ2n) is 7.34. The second kappa shape index (κ2) is 9.52. The van der Waals surface area contributed by atoms with Gasteiger partial charge in [0.15, 0.2) is 11.9 Å². The number of ether oxygens (including phenoxy) is 2. The lowest BCUT2D eigenvalue weighted by molar-refractivity contribution is -0.146. The predicted octanol–water partition coefficient (Wildman–Crippen LogP) is 3.81. The van der Waals surface area contributed by atoms with Crippen molar-refractivity contribution in [3.8, 4) is 0 Å². The van der Waals surface area contributed by atoms with Crippen LogP contribution in [0, 0.1) is 27.7 Å². The summed E-state index contributed by atoms with van der Waals surface area (Å²) in [4.78, 5) is 51.9. The molecule has 0 aliphatic rings. The molecule has 1 atom stereocenters. The zero-order valence-electron chi connectivity index (χ0n) is 18.2. The summed E-state index contributed by atoms with van der Waals surface area (Å²) in [6.45, 7) is 8.62. The number of aromatic amines is 1. The number of benzene rings is 1. The minimum atomic E-state index is -1.06. The fourth-order valence-electron chi connectivity index (χ4n) is 3.19. The van der Waals surface area contributed by atoms with Crippen molar-refractivity contribution in [3.05, 3.63) is 57.4 Å². The van der Waals surface area contributed by atoms with Gasteiger partial charge in [0, 0.05) is 17.7 Å². The predicted molar refractivity (Wildman–Crippen MR) is 111 cm³/mol. The van der Waals surface area contributed by atoms with E-state index in [0.29, 0.717) is 22.4 Å². The highest BCUT2D eigenvalue weighted by Gasteiger charge is 2.27. The van der Waals surface area contributed by atoms with E-state index in [9.17, 15) is 19.2 Å². The van der Waals surface area contributed by atoms with Gasteiger partial charge in [-0.2, -0.15) is 0 Å². The Morgan fingerprint density at radius 2 is 1.67 bits per heavy atom. The van der Waals surface area contributed by atoms with Crippen LogP contribution in [0.25, 0.3) is 0 Å². The molecule has 1 aromatic carbocycles. The van der Waals surface area contributed by atoms with Crippen molar-refractivity contribution in [1.29, 1.82) is 0 Å². The molecule has 0 amide bonds. The summed E-state index contributed by atoms with van der Waals surface area (Å²) in [7, 11) is 1.26. The fourth-order valence-corrected chi connectivity index (χ4v) is 3.19. The van der Waals surface area contributed by atoms with E-state index < -0.39 is 23.8 Å². The average Bonchev–Trinajstić information content (AvgIpc) is 3.00. The van der Waals surface area contributed by atoms with E-state index in [1.807, 2.05) is 19.9 Å². The molecule has 0 saturated heterocycles. The van der Waals surface area contributed by atoms with E-state index in [4.69, 9.17) is 9.47 Å².